The summed E-state index contributed by atoms with van der Waals surface area (Å²) < 4.78 is 12.0. The zero-order valence-corrected chi connectivity index (χ0v) is 23.7. The lowest BCUT2D eigenvalue weighted by Crippen LogP contribution is -2.57. The number of hydrogen-bond acceptors (Lipinski definition) is 6. The highest BCUT2D eigenvalue weighted by Gasteiger charge is 2.77. The molecule has 1 spiro atoms. The lowest BCUT2D eigenvalue weighted by molar-refractivity contribution is -0.155. The molecule has 0 saturated carbocycles. The predicted molar refractivity (Wildman–Crippen MR) is 145 cm³/mol. The molecule has 3 aliphatic rings. The Morgan fingerprint density at radius 1 is 1.22 bits per heavy atom. The first-order chi connectivity index (χ1) is 17.9. The number of unbranched alkanes of at least 4 members (excludes halogenated alkanes) is 5. The number of ether oxygens (including phenoxy) is 2. The van der Waals surface area contributed by atoms with Gasteiger partial charge in [-0.05, 0) is 32.1 Å². The van der Waals surface area contributed by atoms with E-state index in [1.807, 2.05) is 0 Å². The van der Waals surface area contributed by atoms with E-state index < -0.39 is 35.6 Å². The second-order valence-corrected chi connectivity index (χ2v) is 11.5. The van der Waals surface area contributed by atoms with E-state index in [1.165, 1.54) is 0 Å². The first-order valence-electron chi connectivity index (χ1n) is 13.8. The van der Waals surface area contributed by atoms with Gasteiger partial charge in [-0.3, -0.25) is 14.4 Å². The maximum Gasteiger partial charge on any atom is 0.312 e. The van der Waals surface area contributed by atoms with Crippen molar-refractivity contribution in [2.24, 2.45) is 11.8 Å². The number of amides is 2. The van der Waals surface area contributed by atoms with Crippen LogP contribution >= 0.6 is 15.9 Å². The van der Waals surface area contributed by atoms with Crippen LogP contribution in [0.25, 0.3) is 0 Å². The van der Waals surface area contributed by atoms with E-state index in [2.05, 4.69) is 36.0 Å². The lowest BCUT2D eigenvalue weighted by Gasteiger charge is -2.37. The van der Waals surface area contributed by atoms with Gasteiger partial charge in [-0.2, -0.15) is 0 Å². The van der Waals surface area contributed by atoms with Gasteiger partial charge >= 0.3 is 5.97 Å². The SMILES string of the molecule is C=CCCOC(=O)[C@H]1[C@H]2C(=O)N(CCCCCCO)C(C(=O)N(CC=C)CCCCC)C23CC(Br)[C@@H]1O3. The van der Waals surface area contributed by atoms with Crippen LogP contribution < -0.4 is 0 Å². The van der Waals surface area contributed by atoms with Gasteiger partial charge in [-0.15, -0.1) is 13.2 Å². The van der Waals surface area contributed by atoms with E-state index in [0.29, 0.717) is 45.3 Å². The summed E-state index contributed by atoms with van der Waals surface area (Å²) in [5.41, 5.74) is -1.07. The zero-order chi connectivity index (χ0) is 27.0. The van der Waals surface area contributed by atoms with E-state index in [9.17, 15) is 14.4 Å². The standard InChI is InChI=1S/C28H43BrN2O6/c1-4-7-11-15-30(14-6-3)26(34)24-28-19-20(29)23(37-28)21(27(35)36-18-8-5-2)22(28)25(33)31(24)16-12-9-10-13-17-32/h5-6,20-24,32H,2-4,7-19H2,1H3/t20?,21-,22-,23-,24?,28?/m0/s1. The summed E-state index contributed by atoms with van der Waals surface area (Å²) in [6, 6.07) is -0.791. The van der Waals surface area contributed by atoms with Crippen molar-refractivity contribution in [2.45, 2.75) is 87.3 Å². The van der Waals surface area contributed by atoms with E-state index in [-0.39, 0.29) is 29.9 Å². The molecule has 0 aromatic heterocycles. The summed E-state index contributed by atoms with van der Waals surface area (Å²) in [5, 5.41) is 9.10. The van der Waals surface area contributed by atoms with Gasteiger partial charge in [-0.1, -0.05) is 60.7 Å². The maximum absolute atomic E-state index is 14.2. The summed E-state index contributed by atoms with van der Waals surface area (Å²) in [6.45, 7) is 11.4. The number of alkyl halides is 1. The molecule has 3 rings (SSSR count). The van der Waals surface area contributed by atoms with E-state index >= 15 is 0 Å². The summed E-state index contributed by atoms with van der Waals surface area (Å²) in [6.07, 6.45) is 9.93. The van der Waals surface area contributed by atoms with Crippen molar-refractivity contribution in [1.82, 2.24) is 9.80 Å². The Bertz CT molecular complexity index is 837. The minimum atomic E-state index is -1.07. The summed E-state index contributed by atoms with van der Waals surface area (Å²) in [4.78, 5) is 44.7. The molecule has 3 heterocycles. The molecule has 2 amide bonds. The van der Waals surface area contributed by atoms with Crippen LogP contribution in [-0.4, -0.2) is 88.1 Å². The van der Waals surface area contributed by atoms with E-state index in [1.54, 1.807) is 22.0 Å². The number of carbonyl (C=O) groups is 3. The number of likely N-dealkylation sites (tertiary alicyclic amines) is 1. The Morgan fingerprint density at radius 2 is 1.97 bits per heavy atom. The highest BCUT2D eigenvalue weighted by molar-refractivity contribution is 9.09. The highest BCUT2D eigenvalue weighted by atomic mass is 79.9. The van der Waals surface area contributed by atoms with Crippen LogP contribution in [0.5, 0.6) is 0 Å². The first kappa shape index (κ1) is 29.8. The number of rotatable bonds is 17. The fraction of sp³-hybridized carbons (Fsp3) is 0.750. The Labute approximate surface area is 229 Å². The molecule has 3 fully saturated rings. The molecule has 0 radical (unpaired) electrons. The molecule has 2 bridgehead atoms. The molecule has 1 N–H and O–H groups in total. The molecule has 0 aliphatic carbocycles. The summed E-state index contributed by atoms with van der Waals surface area (Å²) in [5.74, 6) is -2.27. The molecule has 6 atom stereocenters. The number of aliphatic hydroxyl groups is 1. The minimum Gasteiger partial charge on any atom is -0.465 e. The zero-order valence-electron chi connectivity index (χ0n) is 22.1. The van der Waals surface area contributed by atoms with Gasteiger partial charge in [-0.25, -0.2) is 0 Å². The van der Waals surface area contributed by atoms with Crippen LogP contribution in [-0.2, 0) is 23.9 Å². The number of hydrogen-bond donors (Lipinski definition) is 1. The van der Waals surface area contributed by atoms with Crippen LogP contribution in [0.2, 0.25) is 0 Å². The average molecular weight is 584 g/mol. The number of nitrogens with zero attached hydrogens (tertiary/aromatic N) is 2. The quantitative estimate of drug-likeness (QED) is 0.122. The molecule has 3 aliphatic heterocycles. The molecule has 208 valence electrons. The third-order valence-electron chi connectivity index (χ3n) is 7.86. The van der Waals surface area contributed by atoms with Crippen LogP contribution in [0.4, 0.5) is 0 Å². The third-order valence-corrected chi connectivity index (χ3v) is 8.71. The van der Waals surface area contributed by atoms with Gasteiger partial charge in [0.15, 0.2) is 0 Å². The summed E-state index contributed by atoms with van der Waals surface area (Å²) in [7, 11) is 0. The molecule has 8 nitrogen and oxygen atoms in total. The van der Waals surface area contributed by atoms with Crippen LogP contribution in [0.15, 0.2) is 25.3 Å². The van der Waals surface area contributed by atoms with E-state index in [4.69, 9.17) is 14.6 Å². The third kappa shape index (κ3) is 6.14. The van der Waals surface area contributed by atoms with Gasteiger partial charge < -0.3 is 24.4 Å². The molecule has 0 aromatic carbocycles. The van der Waals surface area contributed by atoms with Gasteiger partial charge in [0, 0.05) is 31.1 Å². The number of halogens is 1. The van der Waals surface area contributed by atoms with Gasteiger partial charge in [0.2, 0.25) is 11.8 Å². The van der Waals surface area contributed by atoms with Crippen molar-refractivity contribution in [2.75, 3.05) is 32.8 Å². The second kappa shape index (κ2) is 13.9. The van der Waals surface area contributed by atoms with Gasteiger partial charge in [0.25, 0.3) is 0 Å². The van der Waals surface area contributed by atoms with Crippen LogP contribution in [0, 0.1) is 11.8 Å². The Morgan fingerprint density at radius 3 is 2.65 bits per heavy atom. The van der Waals surface area contributed by atoms with E-state index in [0.717, 1.165) is 32.1 Å². The fourth-order valence-electron chi connectivity index (χ4n) is 6.18. The van der Waals surface area contributed by atoms with Gasteiger partial charge in [0.1, 0.15) is 11.6 Å². The smallest absolute Gasteiger partial charge is 0.312 e. The number of aliphatic hydroxyl groups excluding tert-OH is 1. The fourth-order valence-corrected chi connectivity index (χ4v) is 7.12. The average Bonchev–Trinajstić information content (AvgIpc) is 3.46. The van der Waals surface area contributed by atoms with Crippen molar-refractivity contribution in [3.63, 3.8) is 0 Å². The number of carbonyl (C=O) groups excluding carboxylic acids is 3. The number of esters is 1. The Hall–Kier alpha value is -1.71. The molecule has 0 aromatic rings. The van der Waals surface area contributed by atoms with Crippen molar-refractivity contribution in [3.05, 3.63) is 25.3 Å². The van der Waals surface area contributed by atoms with Crippen LogP contribution in [0.3, 0.4) is 0 Å². The van der Waals surface area contributed by atoms with Gasteiger partial charge in [0.05, 0.1) is 24.5 Å². The molecule has 9 heteroatoms. The highest BCUT2D eigenvalue weighted by Crippen LogP contribution is 2.60. The maximum atomic E-state index is 14.2. The molecule has 3 unspecified atom stereocenters. The topological polar surface area (TPSA) is 96.4 Å². The minimum absolute atomic E-state index is 0.136. The lowest BCUT2D eigenvalue weighted by atomic mass is 9.70. The molecular formula is C28H43BrN2O6. The molecular weight excluding hydrogens is 540 g/mol. The predicted octanol–water partition coefficient (Wildman–Crippen LogP) is 3.61. The number of fused-ring (bicyclic) bond motifs is 1. The molecule has 3 saturated heterocycles. The largest absolute Gasteiger partial charge is 0.465 e. The second-order valence-electron chi connectivity index (χ2n) is 10.4. The van der Waals surface area contributed by atoms with Crippen molar-refractivity contribution < 1.29 is 29.0 Å². The summed E-state index contributed by atoms with van der Waals surface area (Å²) >= 11 is 3.69. The Balaban J connectivity index is 1.92. The monoisotopic (exact) mass is 582 g/mol. The van der Waals surface area contributed by atoms with Crippen LogP contribution in [0.1, 0.15) is 64.7 Å². The van der Waals surface area contributed by atoms with Crippen molar-refractivity contribution in [1.29, 1.82) is 0 Å². The first-order valence-corrected chi connectivity index (χ1v) is 14.7. The van der Waals surface area contributed by atoms with Crippen molar-refractivity contribution >= 4 is 33.7 Å². The van der Waals surface area contributed by atoms with Crippen molar-refractivity contribution in [3.8, 4) is 0 Å². The Kier molecular flexibility index (Phi) is 11.2. The molecule has 37 heavy (non-hydrogen) atoms. The normalized spacial score (nSPS) is 29.9.